The standard InChI is InChI=1S/C37H47ClN4O2S/c1-8-36(4,5)28-19-20-32(31(23-28)37(6,7)9-2)44-22-11-10-21-39-33(43)25-45-35-41-40-34(27-17-15-26(3)16-18-27)42(35)30-14-12-13-29(38)24-30/h12-20,23-24H,8-11,21-22,25H2,1-7H3,(H,39,43). The second-order valence-corrected chi connectivity index (χ2v) is 14.2. The third-order valence-electron chi connectivity index (χ3n) is 8.75. The molecule has 0 bridgehead atoms. The van der Waals surface area contributed by atoms with Gasteiger partial charge in [-0.25, -0.2) is 0 Å². The van der Waals surface area contributed by atoms with Crippen LogP contribution in [0, 0.1) is 6.92 Å². The predicted octanol–water partition coefficient (Wildman–Crippen LogP) is 9.34. The van der Waals surface area contributed by atoms with Crippen molar-refractivity contribution in [3.63, 3.8) is 0 Å². The number of rotatable bonds is 15. The molecule has 0 saturated carbocycles. The van der Waals surface area contributed by atoms with Gasteiger partial charge >= 0.3 is 0 Å². The van der Waals surface area contributed by atoms with E-state index >= 15 is 0 Å². The van der Waals surface area contributed by atoms with Crippen LogP contribution in [0.1, 0.15) is 83.9 Å². The topological polar surface area (TPSA) is 69.0 Å². The van der Waals surface area contributed by atoms with Gasteiger partial charge in [-0.2, -0.15) is 0 Å². The molecule has 1 aromatic heterocycles. The minimum atomic E-state index is -0.0421. The van der Waals surface area contributed by atoms with E-state index in [2.05, 4.69) is 82.2 Å². The summed E-state index contributed by atoms with van der Waals surface area (Å²) < 4.78 is 8.26. The number of carbonyl (C=O) groups excluding carboxylic acids is 1. The molecule has 0 saturated heterocycles. The first-order valence-electron chi connectivity index (χ1n) is 15.9. The monoisotopic (exact) mass is 646 g/mol. The van der Waals surface area contributed by atoms with Gasteiger partial charge in [0.15, 0.2) is 11.0 Å². The number of thioether (sulfide) groups is 1. The molecule has 0 fully saturated rings. The molecule has 240 valence electrons. The molecule has 1 heterocycles. The normalized spacial score (nSPS) is 11.9. The van der Waals surface area contributed by atoms with Crippen molar-refractivity contribution < 1.29 is 9.53 Å². The Morgan fingerprint density at radius 1 is 0.933 bits per heavy atom. The molecule has 45 heavy (non-hydrogen) atoms. The summed E-state index contributed by atoms with van der Waals surface area (Å²) in [6.45, 7) is 16.9. The first-order chi connectivity index (χ1) is 21.4. The predicted molar refractivity (Wildman–Crippen MR) is 188 cm³/mol. The van der Waals surface area contributed by atoms with Gasteiger partial charge in [0, 0.05) is 22.7 Å². The van der Waals surface area contributed by atoms with Gasteiger partial charge in [-0.1, -0.05) is 113 Å². The van der Waals surface area contributed by atoms with Crippen molar-refractivity contribution in [2.75, 3.05) is 18.9 Å². The number of benzene rings is 3. The van der Waals surface area contributed by atoms with E-state index in [1.807, 2.05) is 53.1 Å². The lowest BCUT2D eigenvalue weighted by atomic mass is 9.76. The van der Waals surface area contributed by atoms with E-state index in [9.17, 15) is 4.79 Å². The van der Waals surface area contributed by atoms with Gasteiger partial charge in [-0.05, 0) is 73.3 Å². The molecule has 0 radical (unpaired) electrons. The summed E-state index contributed by atoms with van der Waals surface area (Å²) >= 11 is 7.68. The largest absolute Gasteiger partial charge is 0.493 e. The number of halogens is 1. The third kappa shape index (κ3) is 8.92. The number of amides is 1. The average Bonchev–Trinajstić information content (AvgIpc) is 3.46. The number of hydrogen-bond donors (Lipinski definition) is 1. The SMILES string of the molecule is CCC(C)(C)c1ccc(OCCCCNC(=O)CSc2nnc(-c3ccc(C)cc3)n2-c2cccc(Cl)c2)c(C(C)(C)CC)c1. The number of unbranched alkanes of at least 4 members (excludes halogenated alkanes) is 1. The van der Waals surface area contributed by atoms with E-state index in [1.54, 1.807) is 0 Å². The lowest BCUT2D eigenvalue weighted by Gasteiger charge is -2.30. The molecule has 8 heteroatoms. The first-order valence-corrected chi connectivity index (χ1v) is 17.3. The highest BCUT2D eigenvalue weighted by atomic mass is 35.5. The molecule has 0 aliphatic heterocycles. The van der Waals surface area contributed by atoms with Crippen LogP contribution in [0.2, 0.25) is 5.02 Å². The number of nitrogens with zero attached hydrogens (tertiary/aromatic N) is 3. The van der Waals surface area contributed by atoms with Crippen molar-refractivity contribution in [1.82, 2.24) is 20.1 Å². The van der Waals surface area contributed by atoms with E-state index in [4.69, 9.17) is 16.3 Å². The Hall–Kier alpha value is -3.29. The zero-order chi connectivity index (χ0) is 32.6. The Kier molecular flexibility index (Phi) is 11.8. The molecule has 0 aliphatic rings. The highest BCUT2D eigenvalue weighted by Gasteiger charge is 2.26. The number of hydrogen-bond acceptors (Lipinski definition) is 5. The van der Waals surface area contributed by atoms with Crippen LogP contribution in [0.5, 0.6) is 5.75 Å². The van der Waals surface area contributed by atoms with Crippen LogP contribution in [-0.4, -0.2) is 39.6 Å². The quantitative estimate of drug-likeness (QED) is 0.103. The zero-order valence-corrected chi connectivity index (χ0v) is 29.3. The second-order valence-electron chi connectivity index (χ2n) is 12.9. The summed E-state index contributed by atoms with van der Waals surface area (Å²) in [7, 11) is 0. The maximum Gasteiger partial charge on any atom is 0.230 e. The van der Waals surface area contributed by atoms with Gasteiger partial charge in [0.1, 0.15) is 5.75 Å². The van der Waals surface area contributed by atoms with Crippen molar-refractivity contribution in [2.24, 2.45) is 0 Å². The van der Waals surface area contributed by atoms with Crippen LogP contribution in [0.4, 0.5) is 0 Å². The maximum atomic E-state index is 12.8. The molecule has 3 aromatic carbocycles. The lowest BCUT2D eigenvalue weighted by Crippen LogP contribution is -2.26. The molecule has 0 spiro atoms. The molecule has 0 unspecified atom stereocenters. The van der Waals surface area contributed by atoms with E-state index in [1.165, 1.54) is 28.5 Å². The highest BCUT2D eigenvalue weighted by Crippen LogP contribution is 2.38. The average molecular weight is 647 g/mol. The third-order valence-corrected chi connectivity index (χ3v) is 9.91. The Morgan fingerprint density at radius 2 is 1.67 bits per heavy atom. The summed E-state index contributed by atoms with van der Waals surface area (Å²) in [6.07, 6.45) is 3.80. The van der Waals surface area contributed by atoms with Crippen LogP contribution >= 0.6 is 23.4 Å². The Labute approximate surface area is 278 Å². The summed E-state index contributed by atoms with van der Waals surface area (Å²) in [5.41, 5.74) is 5.73. The molecule has 4 aromatic rings. The number of carbonyl (C=O) groups is 1. The van der Waals surface area contributed by atoms with Gasteiger partial charge in [-0.15, -0.1) is 10.2 Å². The molecule has 0 aliphatic carbocycles. The smallest absolute Gasteiger partial charge is 0.230 e. The van der Waals surface area contributed by atoms with Crippen LogP contribution in [0.15, 0.2) is 71.9 Å². The first kappa shape index (κ1) is 34.6. The minimum Gasteiger partial charge on any atom is -0.493 e. The van der Waals surface area contributed by atoms with Crippen molar-refractivity contribution in [2.45, 2.75) is 90.1 Å². The van der Waals surface area contributed by atoms with Crippen LogP contribution in [-0.2, 0) is 15.6 Å². The van der Waals surface area contributed by atoms with Gasteiger partial charge in [0.05, 0.1) is 18.0 Å². The Balaban J connectivity index is 1.31. The fourth-order valence-corrected chi connectivity index (χ4v) is 5.89. The lowest BCUT2D eigenvalue weighted by molar-refractivity contribution is -0.118. The number of aryl methyl sites for hydroxylation is 1. The van der Waals surface area contributed by atoms with E-state index in [0.29, 0.717) is 29.2 Å². The van der Waals surface area contributed by atoms with Gasteiger partial charge in [0.2, 0.25) is 5.91 Å². The summed E-state index contributed by atoms with van der Waals surface area (Å²) in [4.78, 5) is 12.8. The van der Waals surface area contributed by atoms with Gasteiger partial charge in [-0.3, -0.25) is 9.36 Å². The van der Waals surface area contributed by atoms with Crippen LogP contribution in [0.3, 0.4) is 0 Å². The zero-order valence-electron chi connectivity index (χ0n) is 27.7. The van der Waals surface area contributed by atoms with Gasteiger partial charge < -0.3 is 10.1 Å². The van der Waals surface area contributed by atoms with Gasteiger partial charge in [0.25, 0.3) is 0 Å². The Bertz CT molecular complexity index is 1580. The van der Waals surface area contributed by atoms with E-state index in [0.717, 1.165) is 42.7 Å². The van der Waals surface area contributed by atoms with Crippen LogP contribution in [0.25, 0.3) is 17.1 Å². The molecule has 6 nitrogen and oxygen atoms in total. The number of nitrogens with one attached hydrogen (secondary N) is 1. The maximum absolute atomic E-state index is 12.8. The number of ether oxygens (including phenoxy) is 1. The molecule has 1 N–H and O–H groups in total. The molecule has 1 amide bonds. The summed E-state index contributed by atoms with van der Waals surface area (Å²) in [5.74, 6) is 1.86. The van der Waals surface area contributed by atoms with Crippen LogP contribution < -0.4 is 10.1 Å². The summed E-state index contributed by atoms with van der Waals surface area (Å²) in [5, 5.41) is 13.2. The van der Waals surface area contributed by atoms with Crippen molar-refractivity contribution in [3.8, 4) is 22.8 Å². The minimum absolute atomic E-state index is 0.0265. The highest BCUT2D eigenvalue weighted by molar-refractivity contribution is 7.99. The Morgan fingerprint density at radius 3 is 2.36 bits per heavy atom. The van der Waals surface area contributed by atoms with E-state index < -0.39 is 0 Å². The summed E-state index contributed by atoms with van der Waals surface area (Å²) in [6, 6.07) is 22.4. The van der Waals surface area contributed by atoms with Crippen molar-refractivity contribution >= 4 is 29.3 Å². The second kappa shape index (κ2) is 15.3. The van der Waals surface area contributed by atoms with E-state index in [-0.39, 0.29) is 22.5 Å². The fourth-order valence-electron chi connectivity index (χ4n) is 4.92. The fraction of sp³-hybridized carbons (Fsp3) is 0.432. The number of aromatic nitrogens is 3. The molecular weight excluding hydrogens is 600 g/mol. The van der Waals surface area contributed by atoms with Crippen molar-refractivity contribution in [3.05, 3.63) is 88.4 Å². The molecule has 4 rings (SSSR count). The molecule has 0 atom stereocenters. The van der Waals surface area contributed by atoms with Crippen molar-refractivity contribution in [1.29, 1.82) is 0 Å². The molecular formula is C37H47ClN4O2S.